The van der Waals surface area contributed by atoms with Crippen LogP contribution in [0.3, 0.4) is 0 Å². The molecule has 0 aromatic heterocycles. The van der Waals surface area contributed by atoms with Crippen molar-refractivity contribution in [2.45, 2.75) is 58.3 Å². The van der Waals surface area contributed by atoms with Gasteiger partial charge in [0.1, 0.15) is 0 Å². The van der Waals surface area contributed by atoms with E-state index in [1.165, 1.54) is 51.4 Å². The first-order valence-electron chi connectivity index (χ1n) is 9.68. The van der Waals surface area contributed by atoms with Crippen LogP contribution in [0.5, 0.6) is 0 Å². The molecule has 0 atom stereocenters. The molecule has 4 aliphatic carbocycles. The van der Waals surface area contributed by atoms with Crippen molar-refractivity contribution in [3.05, 3.63) is 0 Å². The predicted molar refractivity (Wildman–Crippen MR) is 88.5 cm³/mol. The SMILES string of the molecule is CCNCC1CCN(C(=O)C23CC4CC(CC(C4)C2)C3)CC1. The quantitative estimate of drug-likeness (QED) is 0.866. The molecule has 4 bridgehead atoms. The lowest BCUT2D eigenvalue weighted by atomic mass is 9.49. The third-order valence-corrected chi connectivity index (χ3v) is 7.08. The number of carbonyl (C=O) groups excluding carboxylic acids is 1. The van der Waals surface area contributed by atoms with Crippen LogP contribution < -0.4 is 5.32 Å². The fourth-order valence-corrected chi connectivity index (χ4v) is 6.40. The second-order valence-electron chi connectivity index (χ2n) is 8.74. The van der Waals surface area contributed by atoms with Crippen LogP contribution in [0.15, 0.2) is 0 Å². The highest BCUT2D eigenvalue weighted by Gasteiger charge is 2.55. The van der Waals surface area contributed by atoms with Gasteiger partial charge in [0.15, 0.2) is 0 Å². The molecule has 3 heteroatoms. The maximum Gasteiger partial charge on any atom is 0.228 e. The summed E-state index contributed by atoms with van der Waals surface area (Å²) in [6, 6.07) is 0. The molecule has 1 amide bonds. The molecule has 124 valence electrons. The Morgan fingerprint density at radius 3 is 2.09 bits per heavy atom. The van der Waals surface area contributed by atoms with Crippen LogP contribution in [0, 0.1) is 29.1 Å². The molecule has 5 fully saturated rings. The summed E-state index contributed by atoms with van der Waals surface area (Å²) in [5, 5.41) is 3.47. The Hall–Kier alpha value is -0.570. The van der Waals surface area contributed by atoms with Crippen LogP contribution in [0.25, 0.3) is 0 Å². The molecule has 1 saturated heterocycles. The monoisotopic (exact) mass is 304 g/mol. The lowest BCUT2D eigenvalue weighted by Crippen LogP contribution is -2.56. The summed E-state index contributed by atoms with van der Waals surface area (Å²) in [6.07, 6.45) is 10.3. The average molecular weight is 304 g/mol. The summed E-state index contributed by atoms with van der Waals surface area (Å²) >= 11 is 0. The van der Waals surface area contributed by atoms with Gasteiger partial charge in [0.2, 0.25) is 5.91 Å². The van der Waals surface area contributed by atoms with Crippen LogP contribution >= 0.6 is 0 Å². The van der Waals surface area contributed by atoms with Crippen molar-refractivity contribution in [2.24, 2.45) is 29.1 Å². The molecular weight excluding hydrogens is 272 g/mol. The first-order valence-corrected chi connectivity index (χ1v) is 9.68. The fraction of sp³-hybridized carbons (Fsp3) is 0.947. The summed E-state index contributed by atoms with van der Waals surface area (Å²) in [4.78, 5) is 15.5. The smallest absolute Gasteiger partial charge is 0.228 e. The lowest BCUT2D eigenvalue weighted by Gasteiger charge is -2.57. The normalized spacial score (nSPS) is 41.1. The second-order valence-corrected chi connectivity index (χ2v) is 8.74. The highest BCUT2D eigenvalue weighted by molar-refractivity contribution is 5.83. The van der Waals surface area contributed by atoms with E-state index < -0.39 is 0 Å². The van der Waals surface area contributed by atoms with Gasteiger partial charge in [0, 0.05) is 13.1 Å². The van der Waals surface area contributed by atoms with Crippen LogP contribution in [0.4, 0.5) is 0 Å². The third kappa shape index (κ3) is 2.60. The van der Waals surface area contributed by atoms with Crippen LogP contribution in [0.1, 0.15) is 58.3 Å². The molecule has 5 rings (SSSR count). The standard InChI is InChI=1S/C19H32N2O/c1-2-20-13-14-3-5-21(6-4-14)18(22)19-10-15-7-16(11-19)9-17(8-15)12-19/h14-17,20H,2-13H2,1H3. The highest BCUT2D eigenvalue weighted by atomic mass is 16.2. The summed E-state index contributed by atoms with van der Waals surface area (Å²) < 4.78 is 0. The summed E-state index contributed by atoms with van der Waals surface area (Å²) in [7, 11) is 0. The van der Waals surface area contributed by atoms with E-state index in [0.29, 0.717) is 5.91 Å². The third-order valence-electron chi connectivity index (χ3n) is 7.08. The molecule has 1 N–H and O–H groups in total. The average Bonchev–Trinajstić information content (AvgIpc) is 2.51. The van der Waals surface area contributed by atoms with E-state index in [9.17, 15) is 4.79 Å². The molecule has 1 heterocycles. The molecular formula is C19H32N2O. The number of piperidine rings is 1. The maximum atomic E-state index is 13.3. The Morgan fingerprint density at radius 1 is 1.05 bits per heavy atom. The van der Waals surface area contributed by atoms with E-state index in [1.54, 1.807) is 0 Å². The molecule has 5 aliphatic rings. The van der Waals surface area contributed by atoms with Gasteiger partial charge in [-0.25, -0.2) is 0 Å². The van der Waals surface area contributed by atoms with Gasteiger partial charge < -0.3 is 10.2 Å². The van der Waals surface area contributed by atoms with Gasteiger partial charge in [-0.05, 0) is 88.1 Å². The largest absolute Gasteiger partial charge is 0.342 e. The van der Waals surface area contributed by atoms with E-state index in [-0.39, 0.29) is 5.41 Å². The van der Waals surface area contributed by atoms with Crippen LogP contribution in [-0.2, 0) is 4.79 Å². The number of hydrogen-bond donors (Lipinski definition) is 1. The number of carbonyl (C=O) groups is 1. The molecule has 3 nitrogen and oxygen atoms in total. The first kappa shape index (κ1) is 15.0. The first-order chi connectivity index (χ1) is 10.7. The molecule has 1 aliphatic heterocycles. The fourth-order valence-electron chi connectivity index (χ4n) is 6.40. The molecule has 0 aromatic rings. The maximum absolute atomic E-state index is 13.3. The molecule has 22 heavy (non-hydrogen) atoms. The number of rotatable bonds is 4. The Kier molecular flexibility index (Phi) is 3.96. The Labute approximate surface area is 135 Å². The van der Waals surface area contributed by atoms with Crippen molar-refractivity contribution >= 4 is 5.91 Å². The molecule has 0 aromatic carbocycles. The molecule has 4 saturated carbocycles. The molecule has 0 radical (unpaired) electrons. The molecule has 0 spiro atoms. The lowest BCUT2D eigenvalue weighted by molar-refractivity contribution is -0.159. The van der Waals surface area contributed by atoms with Gasteiger partial charge >= 0.3 is 0 Å². The van der Waals surface area contributed by atoms with Crippen molar-refractivity contribution in [3.63, 3.8) is 0 Å². The topological polar surface area (TPSA) is 32.3 Å². The summed E-state index contributed by atoms with van der Waals surface area (Å²) in [5.74, 6) is 3.96. The minimum atomic E-state index is 0.0727. The molecule has 0 unspecified atom stereocenters. The number of hydrogen-bond acceptors (Lipinski definition) is 2. The summed E-state index contributed by atoms with van der Waals surface area (Å²) in [6.45, 7) is 6.39. The van der Waals surface area contributed by atoms with E-state index in [2.05, 4.69) is 17.1 Å². The van der Waals surface area contributed by atoms with E-state index in [1.807, 2.05) is 0 Å². The highest BCUT2D eigenvalue weighted by Crippen LogP contribution is 2.60. The van der Waals surface area contributed by atoms with Gasteiger partial charge in [0.05, 0.1) is 5.41 Å². The minimum absolute atomic E-state index is 0.0727. The van der Waals surface area contributed by atoms with Crippen LogP contribution in [-0.4, -0.2) is 37.0 Å². The van der Waals surface area contributed by atoms with Crippen LogP contribution in [0.2, 0.25) is 0 Å². The van der Waals surface area contributed by atoms with Crippen molar-refractivity contribution in [2.75, 3.05) is 26.2 Å². The van der Waals surface area contributed by atoms with Crippen molar-refractivity contribution in [3.8, 4) is 0 Å². The van der Waals surface area contributed by atoms with Gasteiger partial charge in [0.25, 0.3) is 0 Å². The zero-order valence-electron chi connectivity index (χ0n) is 14.2. The Balaban J connectivity index is 1.38. The minimum Gasteiger partial charge on any atom is -0.342 e. The second kappa shape index (κ2) is 5.81. The number of amides is 1. The zero-order chi connectivity index (χ0) is 15.2. The number of nitrogens with zero attached hydrogens (tertiary/aromatic N) is 1. The number of likely N-dealkylation sites (tertiary alicyclic amines) is 1. The van der Waals surface area contributed by atoms with E-state index in [0.717, 1.165) is 49.9 Å². The number of nitrogens with one attached hydrogen (secondary N) is 1. The Bertz CT molecular complexity index is 390. The van der Waals surface area contributed by atoms with Crippen molar-refractivity contribution in [1.82, 2.24) is 10.2 Å². The van der Waals surface area contributed by atoms with E-state index >= 15 is 0 Å². The van der Waals surface area contributed by atoms with Gasteiger partial charge in [-0.2, -0.15) is 0 Å². The predicted octanol–water partition coefficient (Wildman–Crippen LogP) is 3.05. The van der Waals surface area contributed by atoms with E-state index in [4.69, 9.17) is 0 Å². The van der Waals surface area contributed by atoms with Gasteiger partial charge in [-0.15, -0.1) is 0 Å². The van der Waals surface area contributed by atoms with Crippen molar-refractivity contribution < 1.29 is 4.79 Å². The van der Waals surface area contributed by atoms with Crippen molar-refractivity contribution in [1.29, 1.82) is 0 Å². The Morgan fingerprint density at radius 2 is 1.59 bits per heavy atom. The summed E-state index contributed by atoms with van der Waals surface area (Å²) in [5.41, 5.74) is 0.0727. The van der Waals surface area contributed by atoms with Gasteiger partial charge in [-0.1, -0.05) is 6.92 Å². The zero-order valence-corrected chi connectivity index (χ0v) is 14.2. The van der Waals surface area contributed by atoms with Gasteiger partial charge in [-0.3, -0.25) is 4.79 Å².